The van der Waals surface area contributed by atoms with Gasteiger partial charge in [0.15, 0.2) is 0 Å². The molecule has 0 fully saturated rings. The van der Waals surface area contributed by atoms with E-state index >= 15 is 0 Å². The SMILES string of the molecule is CCN(/C=C(/C#N)C(=O)Nc1ccc(C)cc1C)CCc1ccncc1. The Hall–Kier alpha value is -3.13. The van der Waals surface area contributed by atoms with Crippen molar-refractivity contribution in [2.45, 2.75) is 27.2 Å². The Morgan fingerprint density at radius 3 is 2.62 bits per heavy atom. The van der Waals surface area contributed by atoms with E-state index in [2.05, 4.69) is 10.3 Å². The van der Waals surface area contributed by atoms with Crippen molar-refractivity contribution in [1.29, 1.82) is 5.26 Å². The van der Waals surface area contributed by atoms with Gasteiger partial charge in [-0.15, -0.1) is 0 Å². The molecule has 0 saturated carbocycles. The second-order valence-corrected chi connectivity index (χ2v) is 6.16. The molecular weight excluding hydrogens is 324 g/mol. The summed E-state index contributed by atoms with van der Waals surface area (Å²) in [6.07, 6.45) is 5.99. The van der Waals surface area contributed by atoms with E-state index in [0.717, 1.165) is 29.8 Å². The van der Waals surface area contributed by atoms with Crippen molar-refractivity contribution in [2.24, 2.45) is 0 Å². The summed E-state index contributed by atoms with van der Waals surface area (Å²) in [4.78, 5) is 18.5. The molecule has 0 bridgehead atoms. The minimum atomic E-state index is -0.387. The standard InChI is InChI=1S/C21H24N4O/c1-4-25(12-9-18-7-10-23-11-8-18)15-19(14-22)21(26)24-20-6-5-16(2)13-17(20)3/h5-8,10-11,13,15H,4,9,12H2,1-3H3,(H,24,26)/b19-15-. The van der Waals surface area contributed by atoms with Crippen LogP contribution in [0.2, 0.25) is 0 Å². The van der Waals surface area contributed by atoms with Crippen LogP contribution in [0.25, 0.3) is 0 Å². The first-order chi connectivity index (χ1) is 12.5. The van der Waals surface area contributed by atoms with Crippen molar-refractivity contribution in [2.75, 3.05) is 18.4 Å². The number of nitrogens with zero attached hydrogens (tertiary/aromatic N) is 3. The molecule has 0 radical (unpaired) electrons. The van der Waals surface area contributed by atoms with Gasteiger partial charge < -0.3 is 10.2 Å². The van der Waals surface area contributed by atoms with Gasteiger partial charge in [0, 0.05) is 37.4 Å². The maximum absolute atomic E-state index is 12.5. The fourth-order valence-corrected chi connectivity index (χ4v) is 2.60. The Morgan fingerprint density at radius 1 is 1.27 bits per heavy atom. The summed E-state index contributed by atoms with van der Waals surface area (Å²) in [5.41, 5.74) is 4.10. The lowest BCUT2D eigenvalue weighted by Gasteiger charge is -2.19. The lowest BCUT2D eigenvalue weighted by Crippen LogP contribution is -2.23. The summed E-state index contributed by atoms with van der Waals surface area (Å²) in [6, 6.07) is 11.7. The van der Waals surface area contributed by atoms with E-state index in [4.69, 9.17) is 0 Å². The number of likely N-dealkylation sites (N-methyl/N-ethyl adjacent to an activating group) is 1. The number of carbonyl (C=O) groups is 1. The van der Waals surface area contributed by atoms with Gasteiger partial charge in [-0.05, 0) is 56.5 Å². The van der Waals surface area contributed by atoms with Crippen LogP contribution in [0.4, 0.5) is 5.69 Å². The van der Waals surface area contributed by atoms with E-state index in [1.807, 2.05) is 62.1 Å². The maximum Gasteiger partial charge on any atom is 0.267 e. The molecule has 5 nitrogen and oxygen atoms in total. The molecule has 0 unspecified atom stereocenters. The Labute approximate surface area is 155 Å². The molecule has 2 rings (SSSR count). The van der Waals surface area contributed by atoms with Crippen molar-refractivity contribution in [3.63, 3.8) is 0 Å². The number of carbonyl (C=O) groups excluding carboxylic acids is 1. The van der Waals surface area contributed by atoms with Crippen LogP contribution in [0.1, 0.15) is 23.6 Å². The predicted octanol–water partition coefficient (Wildman–Crippen LogP) is 3.61. The van der Waals surface area contributed by atoms with Crippen molar-refractivity contribution >= 4 is 11.6 Å². The highest BCUT2D eigenvalue weighted by atomic mass is 16.1. The van der Waals surface area contributed by atoms with Crippen molar-refractivity contribution in [3.8, 4) is 6.07 Å². The van der Waals surface area contributed by atoms with E-state index < -0.39 is 0 Å². The third-order valence-electron chi connectivity index (χ3n) is 4.15. The average molecular weight is 348 g/mol. The molecule has 0 aliphatic heterocycles. The quantitative estimate of drug-likeness (QED) is 0.613. The molecule has 134 valence electrons. The maximum atomic E-state index is 12.5. The zero-order valence-corrected chi connectivity index (χ0v) is 15.5. The van der Waals surface area contributed by atoms with E-state index in [-0.39, 0.29) is 11.5 Å². The van der Waals surface area contributed by atoms with E-state index in [9.17, 15) is 10.1 Å². The number of hydrogen-bond donors (Lipinski definition) is 1. The van der Waals surface area contributed by atoms with Crippen LogP contribution in [0, 0.1) is 25.2 Å². The molecule has 1 aromatic carbocycles. The number of pyridine rings is 1. The highest BCUT2D eigenvalue weighted by Crippen LogP contribution is 2.17. The van der Waals surface area contributed by atoms with Crippen LogP contribution in [0.5, 0.6) is 0 Å². The number of aromatic nitrogens is 1. The van der Waals surface area contributed by atoms with Gasteiger partial charge in [0.25, 0.3) is 5.91 Å². The molecule has 5 heteroatoms. The zero-order valence-electron chi connectivity index (χ0n) is 15.5. The Bertz CT molecular complexity index is 822. The molecule has 1 heterocycles. The van der Waals surface area contributed by atoms with Crippen LogP contribution in [0.15, 0.2) is 54.5 Å². The van der Waals surface area contributed by atoms with Crippen LogP contribution in [-0.4, -0.2) is 28.9 Å². The minimum Gasteiger partial charge on any atom is -0.376 e. The number of amides is 1. The van der Waals surface area contributed by atoms with Gasteiger partial charge in [-0.1, -0.05) is 17.7 Å². The van der Waals surface area contributed by atoms with Gasteiger partial charge in [0.2, 0.25) is 0 Å². The largest absolute Gasteiger partial charge is 0.376 e. The number of rotatable bonds is 7. The fourth-order valence-electron chi connectivity index (χ4n) is 2.60. The molecular formula is C21H24N4O. The number of anilines is 1. The Balaban J connectivity index is 2.06. The Kier molecular flexibility index (Phi) is 6.92. The summed E-state index contributed by atoms with van der Waals surface area (Å²) >= 11 is 0. The molecule has 2 aromatic rings. The molecule has 26 heavy (non-hydrogen) atoms. The second kappa shape index (κ2) is 9.38. The normalized spacial score (nSPS) is 10.9. The summed E-state index contributed by atoms with van der Waals surface area (Å²) in [7, 11) is 0. The van der Waals surface area contributed by atoms with Crippen LogP contribution < -0.4 is 5.32 Å². The first-order valence-corrected chi connectivity index (χ1v) is 8.67. The smallest absolute Gasteiger partial charge is 0.267 e. The fraction of sp³-hybridized carbons (Fsp3) is 0.286. The number of aryl methyl sites for hydroxylation is 2. The number of hydrogen-bond acceptors (Lipinski definition) is 4. The Morgan fingerprint density at radius 2 is 2.00 bits per heavy atom. The van der Waals surface area contributed by atoms with E-state index in [1.54, 1.807) is 18.6 Å². The molecule has 0 aliphatic carbocycles. The molecule has 0 aliphatic rings. The molecule has 0 spiro atoms. The van der Waals surface area contributed by atoms with Gasteiger partial charge in [0.1, 0.15) is 11.6 Å². The highest BCUT2D eigenvalue weighted by molar-refractivity contribution is 6.06. The van der Waals surface area contributed by atoms with Gasteiger partial charge >= 0.3 is 0 Å². The summed E-state index contributed by atoms with van der Waals surface area (Å²) in [5, 5.41) is 12.2. The third kappa shape index (κ3) is 5.45. The van der Waals surface area contributed by atoms with Crippen molar-refractivity contribution < 1.29 is 4.79 Å². The van der Waals surface area contributed by atoms with Crippen molar-refractivity contribution in [3.05, 3.63) is 71.2 Å². The molecule has 0 saturated heterocycles. The monoisotopic (exact) mass is 348 g/mol. The summed E-state index contributed by atoms with van der Waals surface area (Å²) < 4.78 is 0. The van der Waals surface area contributed by atoms with E-state index in [0.29, 0.717) is 6.54 Å². The van der Waals surface area contributed by atoms with Crippen LogP contribution in [-0.2, 0) is 11.2 Å². The van der Waals surface area contributed by atoms with Crippen LogP contribution >= 0.6 is 0 Å². The second-order valence-electron chi connectivity index (χ2n) is 6.16. The lowest BCUT2D eigenvalue weighted by atomic mass is 10.1. The average Bonchev–Trinajstić information content (AvgIpc) is 2.65. The first kappa shape index (κ1) is 19.2. The number of nitrogens with one attached hydrogen (secondary N) is 1. The van der Waals surface area contributed by atoms with Gasteiger partial charge in [-0.3, -0.25) is 9.78 Å². The minimum absolute atomic E-state index is 0.0987. The topological polar surface area (TPSA) is 69.0 Å². The number of nitriles is 1. The predicted molar refractivity (Wildman–Crippen MR) is 103 cm³/mol. The number of benzene rings is 1. The van der Waals surface area contributed by atoms with Gasteiger partial charge in [0.05, 0.1) is 0 Å². The zero-order chi connectivity index (χ0) is 18.9. The summed E-state index contributed by atoms with van der Waals surface area (Å²) in [6.45, 7) is 7.38. The van der Waals surface area contributed by atoms with Gasteiger partial charge in [-0.25, -0.2) is 0 Å². The van der Waals surface area contributed by atoms with E-state index in [1.165, 1.54) is 5.56 Å². The highest BCUT2D eigenvalue weighted by Gasteiger charge is 2.12. The van der Waals surface area contributed by atoms with Crippen molar-refractivity contribution in [1.82, 2.24) is 9.88 Å². The molecule has 1 N–H and O–H groups in total. The summed E-state index contributed by atoms with van der Waals surface area (Å²) in [5.74, 6) is -0.387. The first-order valence-electron chi connectivity index (χ1n) is 8.67. The lowest BCUT2D eigenvalue weighted by molar-refractivity contribution is -0.112. The molecule has 1 amide bonds. The van der Waals surface area contributed by atoms with Crippen LogP contribution in [0.3, 0.4) is 0 Å². The van der Waals surface area contributed by atoms with Gasteiger partial charge in [-0.2, -0.15) is 5.26 Å². The third-order valence-corrected chi connectivity index (χ3v) is 4.15. The molecule has 0 atom stereocenters. The molecule has 1 aromatic heterocycles.